The number of para-hydroxylation sites is 2. The minimum atomic E-state index is -0.417. The first-order chi connectivity index (χ1) is 16.6. The average molecular weight is 454 g/mol. The fourth-order valence-electron chi connectivity index (χ4n) is 4.42. The highest BCUT2D eigenvalue weighted by molar-refractivity contribution is 6.21. The highest BCUT2D eigenvalue weighted by Gasteiger charge is 2.34. The minimum absolute atomic E-state index is 0.0281. The predicted molar refractivity (Wildman–Crippen MR) is 128 cm³/mol. The summed E-state index contributed by atoms with van der Waals surface area (Å²) in [7, 11) is 0. The molecule has 2 amide bonds. The number of carbonyl (C=O) groups is 3. The molecule has 0 N–H and O–H groups in total. The number of aromatic nitrogens is 1. The van der Waals surface area contributed by atoms with Crippen LogP contribution in [-0.2, 0) is 16.1 Å². The summed E-state index contributed by atoms with van der Waals surface area (Å²) in [6.45, 7) is 0.427. The predicted octanol–water partition coefficient (Wildman–Crippen LogP) is 3.77. The fraction of sp³-hybridized carbons (Fsp3) is 0.185. The van der Waals surface area contributed by atoms with E-state index in [-0.39, 0.29) is 36.9 Å². The Labute approximate surface area is 195 Å². The second-order valence-corrected chi connectivity index (χ2v) is 8.18. The van der Waals surface area contributed by atoms with Crippen LogP contribution in [-0.4, -0.2) is 40.4 Å². The van der Waals surface area contributed by atoms with Crippen molar-refractivity contribution < 1.29 is 19.1 Å². The summed E-state index contributed by atoms with van der Waals surface area (Å²) in [6, 6.07) is 21.2. The molecule has 1 aliphatic heterocycles. The van der Waals surface area contributed by atoms with Crippen LogP contribution in [0.2, 0.25) is 0 Å². The van der Waals surface area contributed by atoms with Gasteiger partial charge in [-0.2, -0.15) is 0 Å². The van der Waals surface area contributed by atoms with Crippen LogP contribution in [0.25, 0.3) is 21.8 Å². The van der Waals surface area contributed by atoms with Gasteiger partial charge in [-0.15, -0.1) is 0 Å². The van der Waals surface area contributed by atoms with Gasteiger partial charge in [-0.3, -0.25) is 24.1 Å². The zero-order chi connectivity index (χ0) is 23.7. The van der Waals surface area contributed by atoms with Gasteiger partial charge in [0, 0.05) is 17.3 Å². The van der Waals surface area contributed by atoms with E-state index < -0.39 is 5.97 Å². The van der Waals surface area contributed by atoms with E-state index in [4.69, 9.17) is 4.74 Å². The molecule has 3 aromatic carbocycles. The van der Waals surface area contributed by atoms with E-state index in [9.17, 15) is 19.2 Å². The van der Waals surface area contributed by atoms with Crippen LogP contribution in [0.15, 0.2) is 77.6 Å². The molecule has 1 aromatic heterocycles. The van der Waals surface area contributed by atoms with Gasteiger partial charge in [0.05, 0.1) is 28.8 Å². The van der Waals surface area contributed by atoms with Gasteiger partial charge in [0.1, 0.15) is 6.54 Å². The molecule has 0 aliphatic carbocycles. The lowest BCUT2D eigenvalue weighted by Crippen LogP contribution is -2.30. The maximum Gasteiger partial charge on any atom is 0.325 e. The van der Waals surface area contributed by atoms with E-state index in [1.54, 1.807) is 53.1 Å². The van der Waals surface area contributed by atoms with Gasteiger partial charge in [-0.05, 0) is 49.2 Å². The van der Waals surface area contributed by atoms with Gasteiger partial charge in [0.25, 0.3) is 11.8 Å². The first-order valence-electron chi connectivity index (χ1n) is 11.2. The number of fused-ring (bicyclic) bond motifs is 3. The number of amides is 2. The van der Waals surface area contributed by atoms with Crippen molar-refractivity contribution in [1.82, 2.24) is 9.47 Å². The van der Waals surface area contributed by atoms with Gasteiger partial charge in [0.15, 0.2) is 5.43 Å². The Morgan fingerprint density at radius 2 is 1.24 bits per heavy atom. The topological polar surface area (TPSA) is 85.7 Å². The molecule has 5 rings (SSSR count). The molecule has 0 unspecified atom stereocenters. The van der Waals surface area contributed by atoms with Crippen molar-refractivity contribution in [3.8, 4) is 0 Å². The highest BCUT2D eigenvalue weighted by Crippen LogP contribution is 2.23. The zero-order valence-corrected chi connectivity index (χ0v) is 18.4. The summed E-state index contributed by atoms with van der Waals surface area (Å²) in [5.41, 5.74) is 2.14. The van der Waals surface area contributed by atoms with Crippen molar-refractivity contribution in [2.75, 3.05) is 13.2 Å². The smallest absolute Gasteiger partial charge is 0.325 e. The molecular weight excluding hydrogens is 432 g/mol. The van der Waals surface area contributed by atoms with Crippen LogP contribution < -0.4 is 5.43 Å². The maximum absolute atomic E-state index is 12.8. The van der Waals surface area contributed by atoms with Crippen molar-refractivity contribution in [1.29, 1.82) is 0 Å². The molecule has 1 aliphatic rings. The summed E-state index contributed by atoms with van der Waals surface area (Å²) >= 11 is 0. The number of carbonyl (C=O) groups excluding carboxylic acids is 3. The Bertz CT molecular complexity index is 1410. The summed E-state index contributed by atoms with van der Waals surface area (Å²) in [6.07, 6.45) is 1.05. The molecule has 0 saturated carbocycles. The number of ether oxygens (including phenoxy) is 1. The lowest BCUT2D eigenvalue weighted by atomic mass is 10.1. The van der Waals surface area contributed by atoms with Crippen LogP contribution in [0.4, 0.5) is 0 Å². The molecule has 0 saturated heterocycles. The second-order valence-electron chi connectivity index (χ2n) is 8.18. The second kappa shape index (κ2) is 8.94. The Morgan fingerprint density at radius 1 is 0.706 bits per heavy atom. The monoisotopic (exact) mass is 454 g/mol. The van der Waals surface area contributed by atoms with E-state index >= 15 is 0 Å². The Balaban J connectivity index is 1.21. The number of benzene rings is 3. The number of imide groups is 1. The van der Waals surface area contributed by atoms with Gasteiger partial charge in [0.2, 0.25) is 0 Å². The molecule has 7 heteroatoms. The van der Waals surface area contributed by atoms with Crippen molar-refractivity contribution in [3.05, 3.63) is 94.1 Å². The van der Waals surface area contributed by atoms with Crippen LogP contribution in [0.5, 0.6) is 0 Å². The van der Waals surface area contributed by atoms with Gasteiger partial charge >= 0.3 is 5.97 Å². The van der Waals surface area contributed by atoms with Crippen molar-refractivity contribution in [3.63, 3.8) is 0 Å². The molecular formula is C27H22N2O5. The fourth-order valence-corrected chi connectivity index (χ4v) is 4.42. The number of nitrogens with zero attached hydrogens (tertiary/aromatic N) is 2. The molecule has 7 nitrogen and oxygen atoms in total. The first-order valence-corrected chi connectivity index (χ1v) is 11.2. The van der Waals surface area contributed by atoms with Crippen molar-refractivity contribution in [2.24, 2.45) is 0 Å². The van der Waals surface area contributed by atoms with Crippen molar-refractivity contribution in [2.45, 2.75) is 19.4 Å². The number of esters is 1. The van der Waals surface area contributed by atoms with E-state index in [0.29, 0.717) is 45.8 Å². The Hall–Kier alpha value is -4.26. The highest BCUT2D eigenvalue weighted by atomic mass is 16.5. The number of rotatable bonds is 7. The van der Waals surface area contributed by atoms with Crippen LogP contribution in [0, 0.1) is 0 Å². The van der Waals surface area contributed by atoms with Crippen LogP contribution in [0.1, 0.15) is 33.6 Å². The molecule has 0 radical (unpaired) electrons. The first kappa shape index (κ1) is 21.6. The van der Waals surface area contributed by atoms with Crippen LogP contribution in [0.3, 0.4) is 0 Å². The average Bonchev–Trinajstić information content (AvgIpc) is 3.11. The third kappa shape index (κ3) is 3.75. The third-order valence-corrected chi connectivity index (χ3v) is 6.08. The number of hydrogen-bond acceptors (Lipinski definition) is 5. The lowest BCUT2D eigenvalue weighted by Gasteiger charge is -2.15. The van der Waals surface area contributed by atoms with Crippen molar-refractivity contribution >= 4 is 39.6 Å². The molecule has 2 heterocycles. The van der Waals surface area contributed by atoms with E-state index in [2.05, 4.69) is 0 Å². The van der Waals surface area contributed by atoms with Gasteiger partial charge in [-0.1, -0.05) is 36.4 Å². The largest absolute Gasteiger partial charge is 0.464 e. The van der Waals surface area contributed by atoms with E-state index in [0.717, 1.165) is 0 Å². The Kier molecular flexibility index (Phi) is 5.67. The number of hydrogen-bond donors (Lipinski definition) is 0. The van der Waals surface area contributed by atoms with Gasteiger partial charge < -0.3 is 9.30 Å². The zero-order valence-electron chi connectivity index (χ0n) is 18.4. The normalized spacial score (nSPS) is 13.0. The molecule has 0 spiro atoms. The lowest BCUT2D eigenvalue weighted by molar-refractivity contribution is -0.144. The van der Waals surface area contributed by atoms with E-state index in [1.807, 2.05) is 24.3 Å². The molecule has 170 valence electrons. The quantitative estimate of drug-likeness (QED) is 0.184. The van der Waals surface area contributed by atoms with Crippen LogP contribution >= 0.6 is 0 Å². The molecule has 0 fully saturated rings. The molecule has 0 bridgehead atoms. The molecule has 34 heavy (non-hydrogen) atoms. The summed E-state index contributed by atoms with van der Waals surface area (Å²) in [5, 5.41) is 1.10. The molecule has 0 atom stereocenters. The third-order valence-electron chi connectivity index (χ3n) is 6.08. The number of unbranched alkanes of at least 4 members (excludes halogenated alkanes) is 1. The van der Waals surface area contributed by atoms with E-state index in [1.165, 1.54) is 4.90 Å². The summed E-state index contributed by atoms with van der Waals surface area (Å²) < 4.78 is 7.23. The van der Waals surface area contributed by atoms with Gasteiger partial charge in [-0.25, -0.2) is 0 Å². The minimum Gasteiger partial charge on any atom is -0.464 e. The summed E-state index contributed by atoms with van der Waals surface area (Å²) in [5.74, 6) is -0.983. The Morgan fingerprint density at radius 3 is 1.82 bits per heavy atom. The molecule has 4 aromatic rings. The SMILES string of the molecule is O=C(Cn1c2ccccc2c(=O)c2ccccc21)OCCCCN1C(=O)c2ccccc2C1=O. The number of pyridine rings is 1. The standard InChI is InChI=1S/C27H22N2O5/c30-24(34-16-8-7-15-28-26(32)18-9-1-2-10-19(18)27(28)33)17-29-22-13-5-3-11-20(22)25(31)21-12-4-6-14-23(21)29/h1-6,9-14H,7-8,15-17H2. The maximum atomic E-state index is 12.8. The summed E-state index contributed by atoms with van der Waals surface area (Å²) in [4.78, 5) is 51.5.